The van der Waals surface area contributed by atoms with E-state index in [1.807, 2.05) is 50.2 Å². The molecule has 2 aliphatic heterocycles. The average Bonchev–Trinajstić information content (AvgIpc) is 3.25. The van der Waals surface area contributed by atoms with E-state index in [0.717, 1.165) is 34.3 Å². The molecule has 0 spiro atoms. The first-order valence-corrected chi connectivity index (χ1v) is 12.0. The first-order chi connectivity index (χ1) is 16.3. The molecule has 1 fully saturated rings. The number of rotatable bonds is 6. The summed E-state index contributed by atoms with van der Waals surface area (Å²) in [6.45, 7) is 3.13. The van der Waals surface area contributed by atoms with E-state index < -0.39 is 11.6 Å². The Balaban J connectivity index is 1.69. The number of aromatic amines is 1. The Morgan fingerprint density at radius 2 is 2.00 bits per heavy atom. The Morgan fingerprint density at radius 3 is 2.71 bits per heavy atom. The SMILES string of the molecule is CCC12Cc3c([nH]c4ccc(Cl)cc34)C(c3cccc(O)c3)N1C(=O)N(CCCN(C)C)C2=O. The van der Waals surface area contributed by atoms with Crippen LogP contribution in [-0.4, -0.2) is 69.5 Å². The van der Waals surface area contributed by atoms with Gasteiger partial charge in [-0.05, 0) is 74.9 Å². The number of nitrogens with zero attached hydrogens (tertiary/aromatic N) is 3. The van der Waals surface area contributed by atoms with Crippen LogP contribution < -0.4 is 0 Å². The fourth-order valence-electron chi connectivity index (χ4n) is 5.56. The number of fused-ring (bicyclic) bond motifs is 4. The normalized spacial score (nSPS) is 22.1. The highest BCUT2D eigenvalue weighted by Crippen LogP contribution is 2.50. The third kappa shape index (κ3) is 3.37. The third-order valence-electron chi connectivity index (χ3n) is 7.20. The van der Waals surface area contributed by atoms with Crippen molar-refractivity contribution >= 4 is 34.4 Å². The molecule has 1 aromatic heterocycles. The molecule has 0 aliphatic carbocycles. The van der Waals surface area contributed by atoms with Crippen LogP contribution in [-0.2, 0) is 11.2 Å². The van der Waals surface area contributed by atoms with Gasteiger partial charge in [0, 0.05) is 34.6 Å². The molecular weight excluding hydrogens is 452 g/mol. The van der Waals surface area contributed by atoms with Gasteiger partial charge >= 0.3 is 6.03 Å². The van der Waals surface area contributed by atoms with Gasteiger partial charge in [0.05, 0.1) is 0 Å². The first kappa shape index (κ1) is 22.7. The molecule has 0 bridgehead atoms. The zero-order valence-corrected chi connectivity index (χ0v) is 20.4. The van der Waals surface area contributed by atoms with Crippen molar-refractivity contribution < 1.29 is 14.7 Å². The summed E-state index contributed by atoms with van der Waals surface area (Å²) in [5.41, 5.74) is 2.54. The summed E-state index contributed by atoms with van der Waals surface area (Å²) in [5.74, 6) is -0.0300. The van der Waals surface area contributed by atoms with E-state index in [1.165, 1.54) is 4.90 Å². The highest BCUT2D eigenvalue weighted by Gasteiger charge is 2.61. The summed E-state index contributed by atoms with van der Waals surface area (Å²) < 4.78 is 0. The van der Waals surface area contributed by atoms with Crippen LogP contribution in [0.25, 0.3) is 10.9 Å². The van der Waals surface area contributed by atoms with Gasteiger partial charge in [-0.15, -0.1) is 0 Å². The number of hydrogen-bond donors (Lipinski definition) is 2. The van der Waals surface area contributed by atoms with Crippen molar-refractivity contribution in [3.05, 3.63) is 64.3 Å². The lowest BCUT2D eigenvalue weighted by Gasteiger charge is -2.44. The Morgan fingerprint density at radius 1 is 1.21 bits per heavy atom. The predicted octanol–water partition coefficient (Wildman–Crippen LogP) is 4.54. The lowest BCUT2D eigenvalue weighted by atomic mass is 9.78. The van der Waals surface area contributed by atoms with Gasteiger partial charge in [0.1, 0.15) is 17.3 Å². The van der Waals surface area contributed by atoms with Gasteiger partial charge in [0.2, 0.25) is 0 Å². The quantitative estimate of drug-likeness (QED) is 0.508. The van der Waals surface area contributed by atoms with Crippen LogP contribution in [0.2, 0.25) is 5.02 Å². The van der Waals surface area contributed by atoms with Gasteiger partial charge in [-0.25, -0.2) is 4.79 Å². The van der Waals surface area contributed by atoms with Crippen molar-refractivity contribution in [2.75, 3.05) is 27.2 Å². The summed E-state index contributed by atoms with van der Waals surface area (Å²) in [7, 11) is 3.95. The minimum atomic E-state index is -0.990. The summed E-state index contributed by atoms with van der Waals surface area (Å²) in [5, 5.41) is 11.8. The fourth-order valence-corrected chi connectivity index (χ4v) is 5.73. The lowest BCUT2D eigenvalue weighted by Crippen LogP contribution is -2.55. The van der Waals surface area contributed by atoms with E-state index in [4.69, 9.17) is 11.6 Å². The molecule has 2 N–H and O–H groups in total. The number of nitrogens with one attached hydrogen (secondary N) is 1. The number of carbonyl (C=O) groups excluding carboxylic acids is 2. The number of aromatic nitrogens is 1. The average molecular weight is 481 g/mol. The number of amides is 3. The van der Waals surface area contributed by atoms with Gasteiger partial charge in [0.25, 0.3) is 5.91 Å². The van der Waals surface area contributed by atoms with Crippen LogP contribution in [0.15, 0.2) is 42.5 Å². The number of halogens is 1. The molecule has 1 saturated heterocycles. The standard InChI is InChI=1S/C26H29ClN4O3/c1-4-26-15-20-19-14-17(27)9-10-21(19)28-22(20)23(16-7-5-8-18(32)13-16)31(26)25(34)30(24(26)33)12-6-11-29(2)3/h5,7-10,13-14,23,28,32H,4,6,11-12,15H2,1-3H3. The zero-order chi connectivity index (χ0) is 24.2. The highest BCUT2D eigenvalue weighted by molar-refractivity contribution is 6.31. The molecule has 5 rings (SSSR count). The zero-order valence-electron chi connectivity index (χ0n) is 19.6. The number of benzene rings is 2. The van der Waals surface area contributed by atoms with Crippen LogP contribution in [0.4, 0.5) is 4.79 Å². The first-order valence-electron chi connectivity index (χ1n) is 11.7. The molecule has 34 heavy (non-hydrogen) atoms. The smallest absolute Gasteiger partial charge is 0.328 e. The van der Waals surface area contributed by atoms with Crippen LogP contribution in [0.3, 0.4) is 0 Å². The fraction of sp³-hybridized carbons (Fsp3) is 0.385. The molecule has 3 aromatic rings. The number of phenolic OH excluding ortho intramolecular Hbond substituents is 1. The van der Waals surface area contributed by atoms with Crippen molar-refractivity contribution in [3.8, 4) is 5.75 Å². The van der Waals surface area contributed by atoms with Crippen LogP contribution in [0.5, 0.6) is 5.75 Å². The second-order valence-electron chi connectivity index (χ2n) is 9.53. The summed E-state index contributed by atoms with van der Waals surface area (Å²) in [6.07, 6.45) is 1.62. The predicted molar refractivity (Wildman–Crippen MR) is 132 cm³/mol. The number of aromatic hydroxyl groups is 1. The molecule has 178 valence electrons. The van der Waals surface area contributed by atoms with Crippen molar-refractivity contribution in [1.82, 2.24) is 19.7 Å². The largest absolute Gasteiger partial charge is 0.508 e. The van der Waals surface area contributed by atoms with Crippen molar-refractivity contribution in [1.29, 1.82) is 0 Å². The monoisotopic (exact) mass is 480 g/mol. The maximum Gasteiger partial charge on any atom is 0.328 e. The molecule has 3 heterocycles. The maximum atomic E-state index is 13.9. The molecule has 0 saturated carbocycles. The maximum absolute atomic E-state index is 13.9. The molecule has 0 radical (unpaired) electrons. The van der Waals surface area contributed by atoms with E-state index in [2.05, 4.69) is 4.98 Å². The number of hydrogen-bond acceptors (Lipinski definition) is 4. The van der Waals surface area contributed by atoms with Crippen LogP contribution >= 0.6 is 11.6 Å². The topological polar surface area (TPSA) is 79.9 Å². The lowest BCUT2D eigenvalue weighted by molar-refractivity contribution is -0.134. The minimum Gasteiger partial charge on any atom is -0.508 e. The third-order valence-corrected chi connectivity index (χ3v) is 7.44. The summed E-state index contributed by atoms with van der Waals surface area (Å²) in [6, 6.07) is 11.8. The van der Waals surface area contributed by atoms with E-state index in [9.17, 15) is 14.7 Å². The molecule has 2 atom stereocenters. The molecule has 7 nitrogen and oxygen atoms in total. The molecule has 2 aliphatic rings. The number of carbonyl (C=O) groups is 2. The van der Waals surface area contributed by atoms with E-state index >= 15 is 0 Å². The van der Waals surface area contributed by atoms with Crippen molar-refractivity contribution in [3.63, 3.8) is 0 Å². The highest BCUT2D eigenvalue weighted by atomic mass is 35.5. The molecule has 2 aromatic carbocycles. The summed E-state index contributed by atoms with van der Waals surface area (Å²) in [4.78, 5) is 36.5. The Labute approximate surface area is 203 Å². The molecule has 2 unspecified atom stereocenters. The van der Waals surface area contributed by atoms with E-state index in [-0.39, 0.29) is 17.7 Å². The Hall–Kier alpha value is -3.03. The van der Waals surface area contributed by atoms with Gasteiger partial charge < -0.3 is 15.0 Å². The van der Waals surface area contributed by atoms with Gasteiger partial charge in [-0.1, -0.05) is 30.7 Å². The minimum absolute atomic E-state index is 0.117. The van der Waals surface area contributed by atoms with E-state index in [0.29, 0.717) is 30.8 Å². The second-order valence-corrected chi connectivity index (χ2v) is 9.97. The number of phenols is 1. The Kier molecular flexibility index (Phi) is 5.57. The van der Waals surface area contributed by atoms with Crippen LogP contribution in [0, 0.1) is 0 Å². The van der Waals surface area contributed by atoms with Crippen LogP contribution in [0.1, 0.15) is 42.6 Å². The number of urea groups is 1. The molecular formula is C26H29ClN4O3. The van der Waals surface area contributed by atoms with Crippen molar-refractivity contribution in [2.45, 2.75) is 37.8 Å². The van der Waals surface area contributed by atoms with Crippen molar-refractivity contribution in [2.24, 2.45) is 0 Å². The summed E-state index contributed by atoms with van der Waals surface area (Å²) >= 11 is 6.34. The van der Waals surface area contributed by atoms with Gasteiger partial charge in [-0.2, -0.15) is 0 Å². The molecule has 8 heteroatoms. The molecule has 3 amide bonds. The Bertz CT molecular complexity index is 1290. The number of H-pyrrole nitrogens is 1. The van der Waals surface area contributed by atoms with E-state index in [1.54, 1.807) is 23.1 Å². The second kappa shape index (κ2) is 8.32. The van der Waals surface area contributed by atoms with Gasteiger partial charge in [0.15, 0.2) is 0 Å². The van der Waals surface area contributed by atoms with Gasteiger partial charge in [-0.3, -0.25) is 14.6 Å². The number of imide groups is 1.